The summed E-state index contributed by atoms with van der Waals surface area (Å²) in [4.78, 5) is 10.5. The summed E-state index contributed by atoms with van der Waals surface area (Å²) in [6.07, 6.45) is 0. The molecule has 0 amide bonds. The van der Waals surface area contributed by atoms with Crippen LogP contribution in [0.5, 0.6) is 0 Å². The van der Waals surface area contributed by atoms with E-state index in [0.29, 0.717) is 0 Å². The highest BCUT2D eigenvalue weighted by atomic mass is 16.4. The highest BCUT2D eigenvalue weighted by molar-refractivity contribution is 5.86. The van der Waals surface area contributed by atoms with Gasteiger partial charge in [-0.1, -0.05) is 42.5 Å². The quantitative estimate of drug-likeness (QED) is 0.847. The van der Waals surface area contributed by atoms with Crippen molar-refractivity contribution in [1.82, 2.24) is 5.32 Å². The van der Waals surface area contributed by atoms with Crippen molar-refractivity contribution in [3.8, 4) is 0 Å². The second-order valence-corrected chi connectivity index (χ2v) is 4.06. The maximum atomic E-state index is 10.5. The van der Waals surface area contributed by atoms with Crippen LogP contribution in [0.4, 0.5) is 0 Å². The van der Waals surface area contributed by atoms with E-state index in [1.54, 1.807) is 0 Å². The van der Waals surface area contributed by atoms with E-state index in [9.17, 15) is 4.79 Å². The van der Waals surface area contributed by atoms with Crippen molar-refractivity contribution >= 4 is 16.7 Å². The maximum Gasteiger partial charge on any atom is 0.317 e. The van der Waals surface area contributed by atoms with Crippen molar-refractivity contribution in [3.05, 3.63) is 48.0 Å². The van der Waals surface area contributed by atoms with Gasteiger partial charge < -0.3 is 10.4 Å². The summed E-state index contributed by atoms with van der Waals surface area (Å²) in [5, 5.41) is 14.0. The molecule has 0 aliphatic rings. The van der Waals surface area contributed by atoms with Crippen molar-refractivity contribution in [2.75, 3.05) is 6.54 Å². The zero-order valence-corrected chi connectivity index (χ0v) is 9.68. The van der Waals surface area contributed by atoms with Crippen LogP contribution in [0.2, 0.25) is 0 Å². The van der Waals surface area contributed by atoms with Gasteiger partial charge in [0.2, 0.25) is 0 Å². The lowest BCUT2D eigenvalue weighted by Crippen LogP contribution is -2.25. The van der Waals surface area contributed by atoms with E-state index in [2.05, 4.69) is 23.5 Å². The maximum absolute atomic E-state index is 10.5. The molecule has 0 spiro atoms. The van der Waals surface area contributed by atoms with Gasteiger partial charge in [-0.05, 0) is 23.3 Å². The standard InChI is InChI=1S/C14H15NO2/c1-10(15-9-14(16)17)12-8-4-6-11-5-2-3-7-13(11)12/h2-8,10,15H,9H2,1H3,(H,16,17). The third-order valence-corrected chi connectivity index (χ3v) is 2.85. The molecule has 0 bridgehead atoms. The Morgan fingerprint density at radius 2 is 1.94 bits per heavy atom. The van der Waals surface area contributed by atoms with Crippen molar-refractivity contribution in [2.24, 2.45) is 0 Å². The smallest absolute Gasteiger partial charge is 0.317 e. The van der Waals surface area contributed by atoms with Crippen molar-refractivity contribution in [1.29, 1.82) is 0 Å². The number of hydrogen-bond donors (Lipinski definition) is 2. The molecule has 0 saturated carbocycles. The van der Waals surface area contributed by atoms with Gasteiger partial charge in [0.1, 0.15) is 0 Å². The molecular weight excluding hydrogens is 214 g/mol. The van der Waals surface area contributed by atoms with E-state index in [4.69, 9.17) is 5.11 Å². The van der Waals surface area contributed by atoms with E-state index in [1.807, 2.05) is 31.2 Å². The summed E-state index contributed by atoms with van der Waals surface area (Å²) >= 11 is 0. The van der Waals surface area contributed by atoms with Gasteiger partial charge in [0.05, 0.1) is 6.54 Å². The lowest BCUT2D eigenvalue weighted by molar-refractivity contribution is -0.136. The molecule has 17 heavy (non-hydrogen) atoms. The Kier molecular flexibility index (Phi) is 3.40. The number of aliphatic carboxylic acids is 1. The van der Waals surface area contributed by atoms with Crippen LogP contribution in [-0.2, 0) is 4.79 Å². The molecule has 0 fully saturated rings. The fourth-order valence-electron chi connectivity index (χ4n) is 1.98. The minimum absolute atomic E-state index is 0.0234. The van der Waals surface area contributed by atoms with E-state index in [0.717, 1.165) is 5.56 Å². The molecule has 0 aliphatic carbocycles. The van der Waals surface area contributed by atoms with Crippen LogP contribution >= 0.6 is 0 Å². The summed E-state index contributed by atoms with van der Waals surface area (Å²) < 4.78 is 0. The number of hydrogen-bond acceptors (Lipinski definition) is 2. The van der Waals surface area contributed by atoms with Gasteiger partial charge in [-0.25, -0.2) is 0 Å². The van der Waals surface area contributed by atoms with Gasteiger partial charge in [-0.15, -0.1) is 0 Å². The summed E-state index contributed by atoms with van der Waals surface area (Å²) in [6.45, 7) is 1.95. The Morgan fingerprint density at radius 3 is 2.71 bits per heavy atom. The molecule has 0 aromatic heterocycles. The first-order valence-electron chi connectivity index (χ1n) is 5.61. The molecule has 0 heterocycles. The zero-order chi connectivity index (χ0) is 12.3. The molecule has 2 N–H and O–H groups in total. The minimum atomic E-state index is -0.836. The molecule has 0 aliphatic heterocycles. The molecule has 2 rings (SSSR count). The molecule has 1 atom stereocenters. The van der Waals surface area contributed by atoms with Gasteiger partial charge in [0.25, 0.3) is 0 Å². The van der Waals surface area contributed by atoms with Crippen LogP contribution < -0.4 is 5.32 Å². The third-order valence-electron chi connectivity index (χ3n) is 2.85. The molecule has 2 aromatic carbocycles. The largest absolute Gasteiger partial charge is 0.480 e. The summed E-state index contributed by atoms with van der Waals surface area (Å²) in [6, 6.07) is 14.2. The normalized spacial score (nSPS) is 12.5. The van der Waals surface area contributed by atoms with Crippen LogP contribution in [0.15, 0.2) is 42.5 Å². The van der Waals surface area contributed by atoms with Gasteiger partial charge in [0, 0.05) is 6.04 Å². The topological polar surface area (TPSA) is 49.3 Å². The fourth-order valence-corrected chi connectivity index (χ4v) is 1.98. The average molecular weight is 229 g/mol. The Labute approximate surface area is 100 Å². The van der Waals surface area contributed by atoms with Crippen molar-refractivity contribution in [3.63, 3.8) is 0 Å². The number of rotatable bonds is 4. The van der Waals surface area contributed by atoms with Crippen LogP contribution in [0, 0.1) is 0 Å². The highest BCUT2D eigenvalue weighted by Crippen LogP contribution is 2.23. The molecule has 3 nitrogen and oxygen atoms in total. The Morgan fingerprint density at radius 1 is 1.24 bits per heavy atom. The monoisotopic (exact) mass is 229 g/mol. The number of carbonyl (C=O) groups is 1. The fraction of sp³-hybridized carbons (Fsp3) is 0.214. The molecule has 0 radical (unpaired) electrons. The SMILES string of the molecule is CC(NCC(=O)O)c1cccc2ccccc12. The van der Waals surface area contributed by atoms with E-state index in [1.165, 1.54) is 10.8 Å². The highest BCUT2D eigenvalue weighted by Gasteiger charge is 2.09. The van der Waals surface area contributed by atoms with E-state index >= 15 is 0 Å². The van der Waals surface area contributed by atoms with Gasteiger partial charge in [-0.3, -0.25) is 4.79 Å². The Hall–Kier alpha value is -1.87. The first-order chi connectivity index (χ1) is 8.18. The lowest BCUT2D eigenvalue weighted by atomic mass is 10.00. The number of nitrogens with one attached hydrogen (secondary N) is 1. The molecule has 3 heteroatoms. The van der Waals surface area contributed by atoms with Gasteiger partial charge in [-0.2, -0.15) is 0 Å². The average Bonchev–Trinajstić information content (AvgIpc) is 2.35. The van der Waals surface area contributed by atoms with Crippen LogP contribution in [0.3, 0.4) is 0 Å². The van der Waals surface area contributed by atoms with E-state index in [-0.39, 0.29) is 12.6 Å². The summed E-state index contributed by atoms with van der Waals surface area (Å²) in [5.74, 6) is -0.836. The number of fused-ring (bicyclic) bond motifs is 1. The summed E-state index contributed by atoms with van der Waals surface area (Å²) in [5.41, 5.74) is 1.13. The number of carboxylic acids is 1. The third kappa shape index (κ3) is 2.63. The molecule has 88 valence electrons. The second-order valence-electron chi connectivity index (χ2n) is 4.06. The zero-order valence-electron chi connectivity index (χ0n) is 9.68. The van der Waals surface area contributed by atoms with Gasteiger partial charge >= 0.3 is 5.97 Å². The van der Waals surface area contributed by atoms with Crippen molar-refractivity contribution < 1.29 is 9.90 Å². The van der Waals surface area contributed by atoms with Gasteiger partial charge in [0.15, 0.2) is 0 Å². The first-order valence-corrected chi connectivity index (χ1v) is 5.61. The summed E-state index contributed by atoms with van der Waals surface area (Å²) in [7, 11) is 0. The molecule has 0 saturated heterocycles. The van der Waals surface area contributed by atoms with Crippen LogP contribution in [0.25, 0.3) is 10.8 Å². The lowest BCUT2D eigenvalue weighted by Gasteiger charge is -2.15. The predicted molar refractivity (Wildman–Crippen MR) is 68.0 cm³/mol. The Balaban J connectivity index is 2.31. The molecule has 1 unspecified atom stereocenters. The minimum Gasteiger partial charge on any atom is -0.480 e. The number of benzene rings is 2. The predicted octanol–water partition coefficient (Wildman–Crippen LogP) is 2.58. The molecular formula is C14H15NO2. The Bertz CT molecular complexity index is 531. The van der Waals surface area contributed by atoms with Crippen LogP contribution in [-0.4, -0.2) is 17.6 Å². The van der Waals surface area contributed by atoms with Crippen LogP contribution in [0.1, 0.15) is 18.5 Å². The second kappa shape index (κ2) is 4.97. The number of carboxylic acid groups (broad SMARTS) is 1. The van der Waals surface area contributed by atoms with E-state index < -0.39 is 5.97 Å². The van der Waals surface area contributed by atoms with Crippen molar-refractivity contribution in [2.45, 2.75) is 13.0 Å². The molecule has 2 aromatic rings. The first kappa shape index (κ1) is 11.6.